The molecule has 140 valence electrons. The predicted octanol–water partition coefficient (Wildman–Crippen LogP) is 0.896. The number of benzene rings is 1. The summed E-state index contributed by atoms with van der Waals surface area (Å²) in [6, 6.07) is 8.05. The lowest BCUT2D eigenvalue weighted by molar-refractivity contribution is -0.127. The number of guanidine groups is 1. The Bertz CT molecular complexity index is 544. The van der Waals surface area contributed by atoms with Gasteiger partial charge in [-0.3, -0.25) is 4.79 Å². The molecule has 0 aliphatic heterocycles. The van der Waals surface area contributed by atoms with Gasteiger partial charge in [-0.25, -0.2) is 4.99 Å². The molecule has 7 nitrogen and oxygen atoms in total. The average Bonchev–Trinajstić information content (AvgIpc) is 2.59. The second kappa shape index (κ2) is 11.3. The van der Waals surface area contributed by atoms with Crippen molar-refractivity contribution in [1.82, 2.24) is 15.5 Å². The van der Waals surface area contributed by atoms with Crippen LogP contribution in [0.3, 0.4) is 0 Å². The lowest BCUT2D eigenvalue weighted by atomic mass is 10.1. The molecule has 0 fully saturated rings. The van der Waals surface area contributed by atoms with Crippen molar-refractivity contribution in [3.8, 4) is 5.75 Å². The summed E-state index contributed by atoms with van der Waals surface area (Å²) >= 11 is 0. The van der Waals surface area contributed by atoms with Crippen molar-refractivity contribution in [3.05, 3.63) is 29.8 Å². The van der Waals surface area contributed by atoms with E-state index in [-0.39, 0.29) is 18.5 Å². The number of carbonyl (C=O) groups excluding carboxylic acids is 1. The first-order chi connectivity index (χ1) is 12.0. The van der Waals surface area contributed by atoms with E-state index in [1.54, 1.807) is 28.3 Å². The van der Waals surface area contributed by atoms with Gasteiger partial charge in [0.2, 0.25) is 5.91 Å². The number of methoxy groups -OCH3 is 2. The molecule has 0 saturated carbocycles. The molecule has 0 saturated heterocycles. The zero-order valence-corrected chi connectivity index (χ0v) is 15.8. The third kappa shape index (κ3) is 8.39. The van der Waals surface area contributed by atoms with Crippen LogP contribution in [0.2, 0.25) is 0 Å². The molecule has 1 aromatic rings. The molecule has 1 unspecified atom stereocenters. The number of nitrogens with zero attached hydrogens (tertiary/aromatic N) is 2. The van der Waals surface area contributed by atoms with Gasteiger partial charge in [0.25, 0.3) is 0 Å². The second-order valence-electron chi connectivity index (χ2n) is 5.98. The van der Waals surface area contributed by atoms with Crippen LogP contribution in [-0.2, 0) is 16.0 Å². The third-order valence-electron chi connectivity index (χ3n) is 3.54. The Morgan fingerprint density at radius 1 is 1.24 bits per heavy atom. The number of aliphatic imine (C=N–C) groups is 1. The molecule has 1 amide bonds. The van der Waals surface area contributed by atoms with E-state index < -0.39 is 0 Å². The number of amides is 1. The summed E-state index contributed by atoms with van der Waals surface area (Å²) in [5.41, 5.74) is 1.20. The first-order valence-corrected chi connectivity index (χ1v) is 8.33. The molecular formula is C18H30N4O3. The van der Waals surface area contributed by atoms with Crippen molar-refractivity contribution in [2.45, 2.75) is 19.4 Å². The third-order valence-corrected chi connectivity index (χ3v) is 3.54. The molecule has 7 heteroatoms. The number of hydrogen-bond donors (Lipinski definition) is 2. The van der Waals surface area contributed by atoms with Crippen LogP contribution >= 0.6 is 0 Å². The molecule has 2 N–H and O–H groups in total. The van der Waals surface area contributed by atoms with E-state index in [9.17, 15) is 4.79 Å². The topological polar surface area (TPSA) is 75.2 Å². The monoisotopic (exact) mass is 350 g/mol. The summed E-state index contributed by atoms with van der Waals surface area (Å²) < 4.78 is 10.3. The van der Waals surface area contributed by atoms with E-state index in [2.05, 4.69) is 15.6 Å². The summed E-state index contributed by atoms with van der Waals surface area (Å²) in [7, 11) is 6.74. The van der Waals surface area contributed by atoms with Gasteiger partial charge in [0.05, 0.1) is 13.7 Å². The van der Waals surface area contributed by atoms with Crippen molar-refractivity contribution < 1.29 is 14.3 Å². The van der Waals surface area contributed by atoms with Gasteiger partial charge in [0, 0.05) is 33.8 Å². The van der Waals surface area contributed by atoms with Crippen LogP contribution in [0.25, 0.3) is 0 Å². The molecule has 0 aromatic heterocycles. The Morgan fingerprint density at radius 3 is 2.48 bits per heavy atom. The first kappa shape index (κ1) is 20.8. The molecule has 1 atom stereocenters. The summed E-state index contributed by atoms with van der Waals surface area (Å²) in [6.07, 6.45) is 0.838. The Kier molecular flexibility index (Phi) is 9.39. The van der Waals surface area contributed by atoms with Gasteiger partial charge < -0.3 is 25.0 Å². The zero-order chi connectivity index (χ0) is 18.7. The molecule has 0 aliphatic carbocycles. The van der Waals surface area contributed by atoms with Crippen molar-refractivity contribution in [2.24, 2.45) is 4.99 Å². The quantitative estimate of drug-likeness (QED) is 0.511. The predicted molar refractivity (Wildman–Crippen MR) is 100 cm³/mol. The number of hydrogen-bond acceptors (Lipinski definition) is 4. The summed E-state index contributed by atoms with van der Waals surface area (Å²) in [5, 5.41) is 6.50. The summed E-state index contributed by atoms with van der Waals surface area (Å²) in [6.45, 7) is 3.36. The van der Waals surface area contributed by atoms with Gasteiger partial charge >= 0.3 is 0 Å². The van der Waals surface area contributed by atoms with Crippen LogP contribution in [-0.4, -0.2) is 70.8 Å². The normalized spacial score (nSPS) is 12.4. The minimum atomic E-state index is -0.0457. The summed E-state index contributed by atoms with van der Waals surface area (Å²) in [5.74, 6) is 1.40. The highest BCUT2D eigenvalue weighted by Crippen LogP contribution is 2.11. The standard InChI is InChI=1S/C18H30N4O3/c1-14(13-24-4)21-18(20-12-17(23)22(2)3)19-11-10-15-6-8-16(25-5)9-7-15/h6-9,14H,10-13H2,1-5H3,(H2,19,20,21). The van der Waals surface area contributed by atoms with Crippen molar-refractivity contribution in [3.63, 3.8) is 0 Å². The van der Waals surface area contributed by atoms with Crippen LogP contribution < -0.4 is 15.4 Å². The largest absolute Gasteiger partial charge is 0.497 e. The fourth-order valence-corrected chi connectivity index (χ4v) is 2.08. The lowest BCUT2D eigenvalue weighted by Gasteiger charge is -2.18. The van der Waals surface area contributed by atoms with Crippen LogP contribution in [0.4, 0.5) is 0 Å². The van der Waals surface area contributed by atoms with Gasteiger partial charge in [-0.2, -0.15) is 0 Å². The minimum Gasteiger partial charge on any atom is -0.497 e. The molecule has 1 rings (SSSR count). The van der Waals surface area contributed by atoms with Gasteiger partial charge in [-0.05, 0) is 31.0 Å². The molecule has 0 radical (unpaired) electrons. The second-order valence-corrected chi connectivity index (χ2v) is 5.98. The average molecular weight is 350 g/mol. The van der Waals surface area contributed by atoms with E-state index in [4.69, 9.17) is 9.47 Å². The van der Waals surface area contributed by atoms with Crippen molar-refractivity contribution in [1.29, 1.82) is 0 Å². The Balaban J connectivity index is 2.58. The van der Waals surface area contributed by atoms with Gasteiger partial charge in [0.15, 0.2) is 5.96 Å². The SMILES string of the molecule is COCC(C)NC(=NCC(=O)N(C)C)NCCc1ccc(OC)cc1. The Labute approximate surface area is 150 Å². The van der Waals surface area contributed by atoms with Crippen LogP contribution in [0.5, 0.6) is 5.75 Å². The molecule has 25 heavy (non-hydrogen) atoms. The highest BCUT2D eigenvalue weighted by Gasteiger charge is 2.08. The maximum absolute atomic E-state index is 11.7. The minimum absolute atomic E-state index is 0.0457. The first-order valence-electron chi connectivity index (χ1n) is 8.33. The highest BCUT2D eigenvalue weighted by molar-refractivity contribution is 5.84. The number of likely N-dealkylation sites (N-methyl/N-ethyl adjacent to an activating group) is 1. The number of ether oxygens (including phenoxy) is 2. The lowest BCUT2D eigenvalue weighted by Crippen LogP contribution is -2.45. The maximum Gasteiger partial charge on any atom is 0.243 e. The van der Waals surface area contributed by atoms with Gasteiger partial charge in [0.1, 0.15) is 12.3 Å². The Morgan fingerprint density at radius 2 is 1.92 bits per heavy atom. The molecule has 0 spiro atoms. The number of carbonyl (C=O) groups is 1. The zero-order valence-electron chi connectivity index (χ0n) is 15.8. The highest BCUT2D eigenvalue weighted by atomic mass is 16.5. The van der Waals surface area contributed by atoms with E-state index in [1.165, 1.54) is 10.5 Å². The summed E-state index contributed by atoms with van der Waals surface area (Å²) in [4.78, 5) is 17.6. The fourth-order valence-electron chi connectivity index (χ4n) is 2.08. The van der Waals surface area contributed by atoms with Crippen LogP contribution in [0.15, 0.2) is 29.3 Å². The molecular weight excluding hydrogens is 320 g/mol. The van der Waals surface area contributed by atoms with Crippen molar-refractivity contribution in [2.75, 3.05) is 48.0 Å². The fraction of sp³-hybridized carbons (Fsp3) is 0.556. The molecule has 0 heterocycles. The number of rotatable bonds is 9. The van der Waals surface area contributed by atoms with E-state index in [1.807, 2.05) is 31.2 Å². The van der Waals surface area contributed by atoms with Crippen molar-refractivity contribution >= 4 is 11.9 Å². The maximum atomic E-state index is 11.7. The van der Waals surface area contributed by atoms with E-state index in [0.717, 1.165) is 12.2 Å². The van der Waals surface area contributed by atoms with Gasteiger partial charge in [-0.15, -0.1) is 0 Å². The Hall–Kier alpha value is -2.28. The van der Waals surface area contributed by atoms with E-state index >= 15 is 0 Å². The molecule has 0 bridgehead atoms. The van der Waals surface area contributed by atoms with E-state index in [0.29, 0.717) is 19.1 Å². The smallest absolute Gasteiger partial charge is 0.243 e. The molecule has 1 aromatic carbocycles. The number of nitrogens with one attached hydrogen (secondary N) is 2. The van der Waals surface area contributed by atoms with Crippen LogP contribution in [0, 0.1) is 0 Å². The molecule has 0 aliphatic rings. The van der Waals surface area contributed by atoms with Crippen LogP contribution in [0.1, 0.15) is 12.5 Å². The van der Waals surface area contributed by atoms with Gasteiger partial charge in [-0.1, -0.05) is 12.1 Å².